The Labute approximate surface area is 168 Å². The lowest BCUT2D eigenvalue weighted by atomic mass is 9.64. The van der Waals surface area contributed by atoms with Crippen molar-refractivity contribution in [3.63, 3.8) is 0 Å². The van der Waals surface area contributed by atoms with Crippen molar-refractivity contribution in [2.45, 2.75) is 37.6 Å². The Bertz CT molecular complexity index is 1070. The zero-order valence-corrected chi connectivity index (χ0v) is 16.5. The average molecular weight is 392 g/mol. The van der Waals surface area contributed by atoms with Crippen LogP contribution in [0.15, 0.2) is 63.9 Å². The van der Waals surface area contributed by atoms with Crippen LogP contribution in [0.2, 0.25) is 0 Å². The van der Waals surface area contributed by atoms with Gasteiger partial charge in [0.05, 0.1) is 23.9 Å². The van der Waals surface area contributed by atoms with E-state index in [1.165, 1.54) is 0 Å². The van der Waals surface area contributed by atoms with E-state index in [1.54, 1.807) is 19.2 Å². The molecule has 0 radical (unpaired) electrons. The molecule has 150 valence electrons. The van der Waals surface area contributed by atoms with Gasteiger partial charge in [0.15, 0.2) is 0 Å². The predicted octanol–water partition coefficient (Wildman–Crippen LogP) is 3.22. The molecule has 1 aliphatic rings. The van der Waals surface area contributed by atoms with Gasteiger partial charge in [-0.2, -0.15) is 0 Å². The fraction of sp³-hybridized carbons (Fsp3) is 0.304. The van der Waals surface area contributed by atoms with Crippen LogP contribution in [-0.2, 0) is 18.3 Å². The molecular weight excluding hydrogens is 368 g/mol. The number of carbonyl (C=O) groups excluding carboxylic acids is 1. The van der Waals surface area contributed by atoms with Crippen molar-refractivity contribution in [3.05, 3.63) is 87.4 Å². The van der Waals surface area contributed by atoms with Gasteiger partial charge in [0.1, 0.15) is 5.75 Å². The second kappa shape index (κ2) is 7.62. The number of aromatic nitrogens is 1. The van der Waals surface area contributed by atoms with E-state index in [0.29, 0.717) is 29.7 Å². The lowest BCUT2D eigenvalue weighted by Crippen LogP contribution is -2.52. The van der Waals surface area contributed by atoms with Crippen LogP contribution in [0.1, 0.15) is 40.5 Å². The van der Waals surface area contributed by atoms with E-state index in [2.05, 4.69) is 22.6 Å². The molecule has 2 N–H and O–H groups in total. The van der Waals surface area contributed by atoms with E-state index < -0.39 is 5.41 Å². The van der Waals surface area contributed by atoms with Crippen molar-refractivity contribution < 1.29 is 14.1 Å². The van der Waals surface area contributed by atoms with E-state index in [4.69, 9.17) is 9.26 Å². The number of methoxy groups -OCH3 is 1. The van der Waals surface area contributed by atoms with E-state index >= 15 is 0 Å². The standard InChI is InChI=1S/C23H24N2O4/c1-15(24-21(26)17-10-6-7-11-20(17)28-2)23(16-8-4-3-5-9-16)13-12-19-18(14-23)22(27)29-25-19/h3-11,15,25H,12-14H2,1-2H3,(H,24,26). The largest absolute Gasteiger partial charge is 0.496 e. The smallest absolute Gasteiger partial charge is 0.360 e. The third kappa shape index (κ3) is 3.35. The van der Waals surface area contributed by atoms with Crippen molar-refractivity contribution in [2.24, 2.45) is 0 Å². The summed E-state index contributed by atoms with van der Waals surface area (Å²) in [5, 5.41) is 5.90. The summed E-state index contributed by atoms with van der Waals surface area (Å²) in [5.41, 5.74) is 2.36. The Morgan fingerprint density at radius 1 is 1.17 bits per heavy atom. The Balaban J connectivity index is 1.70. The van der Waals surface area contributed by atoms with Crippen molar-refractivity contribution in [2.75, 3.05) is 7.11 Å². The molecule has 2 unspecified atom stereocenters. The van der Waals surface area contributed by atoms with Gasteiger partial charge in [-0.1, -0.05) is 42.5 Å². The summed E-state index contributed by atoms with van der Waals surface area (Å²) < 4.78 is 10.4. The first-order valence-corrected chi connectivity index (χ1v) is 9.74. The zero-order valence-electron chi connectivity index (χ0n) is 16.5. The summed E-state index contributed by atoms with van der Waals surface area (Å²) in [5.74, 6) is 0.334. The number of hydrogen-bond donors (Lipinski definition) is 2. The summed E-state index contributed by atoms with van der Waals surface area (Å²) in [4.78, 5) is 25.3. The van der Waals surface area contributed by atoms with Gasteiger partial charge in [-0.15, -0.1) is 0 Å². The van der Waals surface area contributed by atoms with Crippen molar-refractivity contribution in [1.29, 1.82) is 0 Å². The number of aromatic amines is 1. The lowest BCUT2D eigenvalue weighted by molar-refractivity contribution is 0.0909. The first-order chi connectivity index (χ1) is 14.0. The molecule has 3 aromatic rings. The molecule has 1 amide bonds. The summed E-state index contributed by atoms with van der Waals surface area (Å²) in [6.45, 7) is 2.00. The fourth-order valence-corrected chi connectivity index (χ4v) is 4.37. The molecule has 1 aliphatic carbocycles. The molecule has 2 atom stereocenters. The minimum atomic E-state index is -0.414. The van der Waals surface area contributed by atoms with Crippen LogP contribution in [0.5, 0.6) is 5.75 Å². The van der Waals surface area contributed by atoms with Crippen LogP contribution >= 0.6 is 0 Å². The van der Waals surface area contributed by atoms with Gasteiger partial charge in [0.25, 0.3) is 5.91 Å². The number of H-pyrrole nitrogens is 1. The highest BCUT2D eigenvalue weighted by Gasteiger charge is 2.43. The van der Waals surface area contributed by atoms with Gasteiger partial charge in [-0.25, -0.2) is 9.95 Å². The third-order valence-electron chi connectivity index (χ3n) is 6.07. The molecule has 0 spiro atoms. The number of para-hydroxylation sites is 1. The molecule has 0 aliphatic heterocycles. The van der Waals surface area contributed by atoms with E-state index in [1.807, 2.05) is 37.3 Å². The maximum atomic E-state index is 13.0. The molecular formula is C23H24N2O4. The summed E-state index contributed by atoms with van der Waals surface area (Å²) in [6.07, 6.45) is 1.98. The highest BCUT2D eigenvalue weighted by molar-refractivity contribution is 5.97. The van der Waals surface area contributed by atoms with Crippen molar-refractivity contribution in [1.82, 2.24) is 10.5 Å². The maximum absolute atomic E-state index is 13.0. The fourth-order valence-electron chi connectivity index (χ4n) is 4.37. The number of ether oxygens (including phenoxy) is 1. The van der Waals surface area contributed by atoms with Crippen molar-refractivity contribution in [3.8, 4) is 5.75 Å². The number of benzene rings is 2. The summed E-state index contributed by atoms with van der Waals surface area (Å²) in [6, 6.07) is 17.0. The minimum absolute atomic E-state index is 0.197. The monoisotopic (exact) mass is 392 g/mol. The van der Waals surface area contributed by atoms with Gasteiger partial charge in [0, 0.05) is 11.5 Å². The number of fused-ring (bicyclic) bond motifs is 1. The molecule has 0 saturated heterocycles. The predicted molar refractivity (Wildman–Crippen MR) is 109 cm³/mol. The maximum Gasteiger partial charge on any atom is 0.360 e. The summed E-state index contributed by atoms with van der Waals surface area (Å²) in [7, 11) is 1.55. The topological polar surface area (TPSA) is 84.3 Å². The second-order valence-corrected chi connectivity index (χ2v) is 7.54. The second-order valence-electron chi connectivity index (χ2n) is 7.54. The molecule has 6 nitrogen and oxygen atoms in total. The minimum Gasteiger partial charge on any atom is -0.496 e. The Hall–Kier alpha value is -3.28. The number of rotatable bonds is 5. The van der Waals surface area contributed by atoms with Crippen LogP contribution < -0.4 is 15.7 Å². The van der Waals surface area contributed by atoms with Crippen LogP contribution in [0.25, 0.3) is 0 Å². The Morgan fingerprint density at radius 3 is 2.66 bits per heavy atom. The SMILES string of the molecule is COc1ccccc1C(=O)NC(C)C1(c2ccccc2)CCc2[nH]oc(=O)c2C1. The quantitative estimate of drug-likeness (QED) is 0.698. The van der Waals surface area contributed by atoms with Crippen LogP contribution in [-0.4, -0.2) is 24.2 Å². The number of amides is 1. The van der Waals surface area contributed by atoms with Crippen LogP contribution in [0, 0.1) is 0 Å². The number of aryl methyl sites for hydroxylation is 1. The number of nitrogens with one attached hydrogen (secondary N) is 2. The molecule has 0 fully saturated rings. The Kier molecular flexibility index (Phi) is 5.01. The highest BCUT2D eigenvalue weighted by atomic mass is 16.5. The molecule has 0 saturated carbocycles. The molecule has 4 rings (SSSR count). The lowest BCUT2D eigenvalue weighted by Gasteiger charge is -2.42. The number of carbonyl (C=O) groups is 1. The molecule has 0 bridgehead atoms. The van der Waals surface area contributed by atoms with Crippen molar-refractivity contribution >= 4 is 5.91 Å². The zero-order chi connectivity index (χ0) is 20.4. The molecule has 29 heavy (non-hydrogen) atoms. The van der Waals surface area contributed by atoms with Gasteiger partial charge in [-0.3, -0.25) is 4.79 Å². The van der Waals surface area contributed by atoms with E-state index in [9.17, 15) is 9.59 Å². The Morgan fingerprint density at radius 2 is 1.90 bits per heavy atom. The van der Waals surface area contributed by atoms with Crippen LogP contribution in [0.3, 0.4) is 0 Å². The molecule has 6 heteroatoms. The van der Waals surface area contributed by atoms with Gasteiger partial charge >= 0.3 is 5.63 Å². The molecule has 2 aromatic carbocycles. The first-order valence-electron chi connectivity index (χ1n) is 9.74. The average Bonchev–Trinajstić information content (AvgIpc) is 3.13. The number of hydrogen-bond acceptors (Lipinski definition) is 4. The van der Waals surface area contributed by atoms with Gasteiger partial charge < -0.3 is 14.6 Å². The first kappa shape index (κ1) is 19.1. The van der Waals surface area contributed by atoms with Gasteiger partial charge in [-0.05, 0) is 43.9 Å². The third-order valence-corrected chi connectivity index (χ3v) is 6.07. The van der Waals surface area contributed by atoms with Crippen LogP contribution in [0.4, 0.5) is 0 Å². The molecule has 1 heterocycles. The van der Waals surface area contributed by atoms with E-state index in [0.717, 1.165) is 17.7 Å². The van der Waals surface area contributed by atoms with E-state index in [-0.39, 0.29) is 17.6 Å². The summed E-state index contributed by atoms with van der Waals surface area (Å²) >= 11 is 0. The molecule has 1 aromatic heterocycles. The normalized spacial score (nSPS) is 19.2. The highest BCUT2D eigenvalue weighted by Crippen LogP contribution is 2.40. The van der Waals surface area contributed by atoms with Gasteiger partial charge in [0.2, 0.25) is 0 Å².